The van der Waals surface area contributed by atoms with Crippen LogP contribution in [-0.4, -0.2) is 15.6 Å². The van der Waals surface area contributed by atoms with Crippen LogP contribution in [0, 0.1) is 6.92 Å². The number of aliphatic carboxylic acids is 1. The lowest BCUT2D eigenvalue weighted by Gasteiger charge is -2.08. The van der Waals surface area contributed by atoms with Gasteiger partial charge in [-0.05, 0) is 25.5 Å². The molecule has 1 rings (SSSR count). The molecule has 0 aliphatic rings. The van der Waals surface area contributed by atoms with E-state index in [4.69, 9.17) is 5.11 Å². The molecule has 4 nitrogen and oxygen atoms in total. The largest absolute Gasteiger partial charge is 0.478 e. The Labute approximate surface area is 87.5 Å². The molecular weight excluding hydrogens is 194 g/mol. The van der Waals surface area contributed by atoms with Gasteiger partial charge in [-0.15, -0.1) is 0 Å². The van der Waals surface area contributed by atoms with Gasteiger partial charge in [0.2, 0.25) is 0 Å². The summed E-state index contributed by atoms with van der Waals surface area (Å²) in [6.45, 7) is 3.82. The van der Waals surface area contributed by atoms with Crippen LogP contribution in [0.3, 0.4) is 0 Å². The first kappa shape index (κ1) is 11.2. The standard InChI is InChI=1S/C11H13NO3/c1-8(6-11(14)15)7-12-9(2)4-3-5-10(12)13/h3-6H,7H2,1-2H3,(H,14,15). The normalized spacial score (nSPS) is 11.5. The van der Waals surface area contributed by atoms with E-state index in [9.17, 15) is 9.59 Å². The van der Waals surface area contributed by atoms with Gasteiger partial charge in [-0.2, -0.15) is 0 Å². The first-order chi connectivity index (χ1) is 7.00. The monoisotopic (exact) mass is 207 g/mol. The third-order valence-electron chi connectivity index (χ3n) is 2.05. The molecule has 1 heterocycles. The number of rotatable bonds is 3. The highest BCUT2D eigenvalue weighted by atomic mass is 16.4. The molecule has 0 unspecified atom stereocenters. The van der Waals surface area contributed by atoms with E-state index in [0.29, 0.717) is 12.1 Å². The molecule has 0 aromatic carbocycles. The third kappa shape index (κ3) is 3.09. The number of pyridine rings is 1. The van der Waals surface area contributed by atoms with Crippen LogP contribution in [0.1, 0.15) is 12.6 Å². The average molecular weight is 207 g/mol. The molecule has 15 heavy (non-hydrogen) atoms. The summed E-state index contributed by atoms with van der Waals surface area (Å²) in [4.78, 5) is 21.9. The van der Waals surface area contributed by atoms with Crippen LogP contribution < -0.4 is 5.56 Å². The Morgan fingerprint density at radius 3 is 2.73 bits per heavy atom. The second kappa shape index (κ2) is 4.59. The summed E-state index contributed by atoms with van der Waals surface area (Å²) >= 11 is 0. The molecule has 1 aromatic heterocycles. The number of nitrogens with zero attached hydrogens (tertiary/aromatic N) is 1. The Morgan fingerprint density at radius 2 is 2.20 bits per heavy atom. The fraction of sp³-hybridized carbons (Fsp3) is 0.273. The number of aryl methyl sites for hydroxylation is 1. The topological polar surface area (TPSA) is 59.3 Å². The van der Waals surface area contributed by atoms with Crippen molar-refractivity contribution in [2.75, 3.05) is 0 Å². The number of hydrogen-bond donors (Lipinski definition) is 1. The quantitative estimate of drug-likeness (QED) is 0.757. The van der Waals surface area contributed by atoms with Crippen molar-refractivity contribution in [3.8, 4) is 0 Å². The molecule has 0 spiro atoms. The van der Waals surface area contributed by atoms with E-state index in [0.717, 1.165) is 11.8 Å². The van der Waals surface area contributed by atoms with Crippen LogP contribution in [0.4, 0.5) is 0 Å². The van der Waals surface area contributed by atoms with E-state index >= 15 is 0 Å². The molecule has 0 bridgehead atoms. The van der Waals surface area contributed by atoms with E-state index in [1.165, 1.54) is 10.6 Å². The van der Waals surface area contributed by atoms with Gasteiger partial charge in [-0.25, -0.2) is 4.79 Å². The predicted octanol–water partition coefficient (Wildman–Crippen LogP) is 1.19. The van der Waals surface area contributed by atoms with E-state index < -0.39 is 5.97 Å². The number of carbonyl (C=O) groups is 1. The second-order valence-electron chi connectivity index (χ2n) is 3.42. The van der Waals surface area contributed by atoms with Crippen molar-refractivity contribution < 1.29 is 9.90 Å². The van der Waals surface area contributed by atoms with Crippen molar-refractivity contribution in [1.82, 2.24) is 4.57 Å². The van der Waals surface area contributed by atoms with Crippen LogP contribution >= 0.6 is 0 Å². The summed E-state index contributed by atoms with van der Waals surface area (Å²) in [5.41, 5.74) is 1.34. The van der Waals surface area contributed by atoms with Crippen molar-refractivity contribution in [2.24, 2.45) is 0 Å². The lowest BCUT2D eigenvalue weighted by Crippen LogP contribution is -2.21. The fourth-order valence-corrected chi connectivity index (χ4v) is 1.33. The van der Waals surface area contributed by atoms with Gasteiger partial charge in [0.15, 0.2) is 0 Å². The van der Waals surface area contributed by atoms with Gasteiger partial charge in [0.1, 0.15) is 0 Å². The molecule has 0 aliphatic heterocycles. The van der Waals surface area contributed by atoms with Crippen LogP contribution in [0.5, 0.6) is 0 Å². The highest BCUT2D eigenvalue weighted by molar-refractivity contribution is 5.80. The van der Waals surface area contributed by atoms with Gasteiger partial charge >= 0.3 is 5.97 Å². The summed E-state index contributed by atoms with van der Waals surface area (Å²) in [6, 6.07) is 4.96. The maximum Gasteiger partial charge on any atom is 0.328 e. The lowest BCUT2D eigenvalue weighted by molar-refractivity contribution is -0.131. The van der Waals surface area contributed by atoms with Gasteiger partial charge in [0, 0.05) is 24.4 Å². The summed E-state index contributed by atoms with van der Waals surface area (Å²) < 4.78 is 1.54. The predicted molar refractivity (Wildman–Crippen MR) is 56.8 cm³/mol. The Hall–Kier alpha value is -1.84. The van der Waals surface area contributed by atoms with E-state index in [-0.39, 0.29) is 5.56 Å². The minimum Gasteiger partial charge on any atom is -0.478 e. The van der Waals surface area contributed by atoms with Gasteiger partial charge in [-0.1, -0.05) is 6.07 Å². The number of allylic oxidation sites excluding steroid dienone is 1. The van der Waals surface area contributed by atoms with Crippen molar-refractivity contribution >= 4 is 5.97 Å². The van der Waals surface area contributed by atoms with Gasteiger partial charge in [-0.3, -0.25) is 4.79 Å². The van der Waals surface area contributed by atoms with Crippen molar-refractivity contribution in [2.45, 2.75) is 20.4 Å². The number of carboxylic acid groups (broad SMARTS) is 1. The molecule has 80 valence electrons. The number of carboxylic acids is 1. The van der Waals surface area contributed by atoms with E-state index in [2.05, 4.69) is 0 Å². The molecule has 0 fully saturated rings. The Bertz CT molecular complexity index is 457. The Balaban J connectivity index is 3.00. The van der Waals surface area contributed by atoms with Crippen LogP contribution in [0.15, 0.2) is 34.6 Å². The molecule has 0 saturated carbocycles. The Kier molecular flexibility index (Phi) is 3.44. The first-order valence-electron chi connectivity index (χ1n) is 4.57. The van der Waals surface area contributed by atoms with Gasteiger partial charge in [0.05, 0.1) is 0 Å². The molecule has 1 aromatic rings. The smallest absolute Gasteiger partial charge is 0.328 e. The van der Waals surface area contributed by atoms with Crippen LogP contribution in [-0.2, 0) is 11.3 Å². The molecule has 0 amide bonds. The summed E-state index contributed by atoms with van der Waals surface area (Å²) in [6.07, 6.45) is 1.11. The number of hydrogen-bond acceptors (Lipinski definition) is 2. The van der Waals surface area contributed by atoms with Gasteiger partial charge in [0.25, 0.3) is 5.56 Å². The van der Waals surface area contributed by atoms with E-state index in [1.807, 2.05) is 13.0 Å². The zero-order valence-electron chi connectivity index (χ0n) is 8.73. The first-order valence-corrected chi connectivity index (χ1v) is 4.57. The third-order valence-corrected chi connectivity index (χ3v) is 2.05. The molecular formula is C11H13NO3. The van der Waals surface area contributed by atoms with Crippen LogP contribution in [0.2, 0.25) is 0 Å². The summed E-state index contributed by atoms with van der Waals surface area (Å²) in [5.74, 6) is -0.992. The summed E-state index contributed by atoms with van der Waals surface area (Å²) in [7, 11) is 0. The molecule has 4 heteroatoms. The molecule has 0 aliphatic carbocycles. The van der Waals surface area contributed by atoms with Crippen LogP contribution in [0.25, 0.3) is 0 Å². The summed E-state index contributed by atoms with van der Waals surface area (Å²) in [5, 5.41) is 8.54. The molecule has 0 atom stereocenters. The van der Waals surface area contributed by atoms with Crippen molar-refractivity contribution in [3.63, 3.8) is 0 Å². The fourth-order valence-electron chi connectivity index (χ4n) is 1.33. The number of aromatic nitrogens is 1. The second-order valence-corrected chi connectivity index (χ2v) is 3.42. The highest BCUT2D eigenvalue weighted by Gasteiger charge is 2.01. The zero-order chi connectivity index (χ0) is 11.4. The minimum atomic E-state index is -0.992. The molecule has 0 radical (unpaired) electrons. The van der Waals surface area contributed by atoms with E-state index in [1.54, 1.807) is 13.0 Å². The van der Waals surface area contributed by atoms with Gasteiger partial charge < -0.3 is 9.67 Å². The molecule has 0 saturated heterocycles. The molecule has 1 N–H and O–H groups in total. The lowest BCUT2D eigenvalue weighted by atomic mass is 10.2. The minimum absolute atomic E-state index is 0.117. The maximum absolute atomic E-state index is 11.4. The Morgan fingerprint density at radius 1 is 1.53 bits per heavy atom. The van der Waals surface area contributed by atoms with Crippen molar-refractivity contribution in [3.05, 3.63) is 45.9 Å². The maximum atomic E-state index is 11.4. The zero-order valence-corrected chi connectivity index (χ0v) is 8.73. The average Bonchev–Trinajstić information content (AvgIpc) is 2.10. The highest BCUT2D eigenvalue weighted by Crippen LogP contribution is 2.00. The van der Waals surface area contributed by atoms with Crippen molar-refractivity contribution in [1.29, 1.82) is 0 Å². The SMILES string of the molecule is CC(=CC(=O)O)Cn1c(C)cccc1=O.